The second kappa shape index (κ2) is 6.47. The van der Waals surface area contributed by atoms with Gasteiger partial charge in [0.15, 0.2) is 0 Å². The van der Waals surface area contributed by atoms with Crippen molar-refractivity contribution in [2.24, 2.45) is 0 Å². The van der Waals surface area contributed by atoms with Crippen molar-refractivity contribution in [2.45, 2.75) is 6.54 Å². The summed E-state index contributed by atoms with van der Waals surface area (Å²) in [5.41, 5.74) is 1.47. The van der Waals surface area contributed by atoms with E-state index in [4.69, 9.17) is 0 Å². The predicted molar refractivity (Wildman–Crippen MR) is 78.1 cm³/mol. The molecule has 0 aliphatic carbocycles. The zero-order valence-corrected chi connectivity index (χ0v) is 11.4. The lowest BCUT2D eigenvalue weighted by atomic mass is 10.1. The number of nitrogens with zero attached hydrogens (tertiary/aromatic N) is 2. The second-order valence-corrected chi connectivity index (χ2v) is 4.24. The number of nitrogens with one attached hydrogen (secondary N) is 2. The van der Waals surface area contributed by atoms with Crippen molar-refractivity contribution in [1.29, 1.82) is 0 Å². The number of nitro groups is 1. The minimum absolute atomic E-state index is 0.0159. The molecule has 1 aromatic heterocycles. The van der Waals surface area contributed by atoms with E-state index in [0.29, 0.717) is 16.8 Å². The van der Waals surface area contributed by atoms with Crippen LogP contribution in [0.4, 0.5) is 11.4 Å². The van der Waals surface area contributed by atoms with Gasteiger partial charge in [0.1, 0.15) is 0 Å². The molecular weight excluding hydrogens is 272 g/mol. The van der Waals surface area contributed by atoms with Crippen LogP contribution in [0.5, 0.6) is 0 Å². The van der Waals surface area contributed by atoms with Crippen LogP contribution < -0.4 is 10.6 Å². The summed E-state index contributed by atoms with van der Waals surface area (Å²) < 4.78 is 0. The van der Waals surface area contributed by atoms with Gasteiger partial charge >= 0.3 is 0 Å². The minimum atomic E-state index is -0.468. The molecule has 0 unspecified atom stereocenters. The first-order valence-electron chi connectivity index (χ1n) is 6.25. The molecule has 1 aromatic carbocycles. The van der Waals surface area contributed by atoms with Crippen molar-refractivity contribution in [1.82, 2.24) is 10.3 Å². The zero-order chi connectivity index (χ0) is 15.2. The van der Waals surface area contributed by atoms with Crippen molar-refractivity contribution < 1.29 is 9.72 Å². The van der Waals surface area contributed by atoms with Crippen LogP contribution in [0.2, 0.25) is 0 Å². The van der Waals surface area contributed by atoms with Crippen molar-refractivity contribution in [3.05, 3.63) is 64.0 Å². The summed E-state index contributed by atoms with van der Waals surface area (Å²) in [6.45, 7) is 0.0774. The van der Waals surface area contributed by atoms with Crippen LogP contribution in [0.3, 0.4) is 0 Å². The molecule has 108 valence electrons. The van der Waals surface area contributed by atoms with Crippen LogP contribution >= 0.6 is 0 Å². The molecule has 7 nitrogen and oxygen atoms in total. The summed E-state index contributed by atoms with van der Waals surface area (Å²) >= 11 is 0. The molecule has 0 saturated carbocycles. The van der Waals surface area contributed by atoms with E-state index >= 15 is 0 Å². The molecular formula is C14H14N4O3. The topological polar surface area (TPSA) is 97.2 Å². The van der Waals surface area contributed by atoms with Gasteiger partial charge in [0.25, 0.3) is 11.6 Å². The third kappa shape index (κ3) is 3.33. The molecule has 0 spiro atoms. The van der Waals surface area contributed by atoms with Crippen molar-refractivity contribution in [3.63, 3.8) is 0 Å². The monoisotopic (exact) mass is 286 g/mol. The van der Waals surface area contributed by atoms with Crippen LogP contribution in [0.1, 0.15) is 15.9 Å². The maximum Gasteiger partial charge on any atom is 0.274 e. The van der Waals surface area contributed by atoms with Crippen LogP contribution in [-0.4, -0.2) is 22.9 Å². The summed E-state index contributed by atoms with van der Waals surface area (Å²) in [7, 11) is 1.70. The molecule has 1 heterocycles. The van der Waals surface area contributed by atoms with Gasteiger partial charge in [0.2, 0.25) is 0 Å². The van der Waals surface area contributed by atoms with Crippen LogP contribution in [0.25, 0.3) is 0 Å². The molecule has 0 atom stereocenters. The smallest absolute Gasteiger partial charge is 0.274 e. The Balaban J connectivity index is 2.13. The van der Waals surface area contributed by atoms with Gasteiger partial charge in [0.05, 0.1) is 10.5 Å². The first-order valence-corrected chi connectivity index (χ1v) is 6.25. The van der Waals surface area contributed by atoms with Crippen molar-refractivity contribution >= 4 is 17.3 Å². The lowest BCUT2D eigenvalue weighted by molar-refractivity contribution is -0.385. The highest BCUT2D eigenvalue weighted by molar-refractivity contribution is 5.99. The number of para-hydroxylation sites is 1. The van der Waals surface area contributed by atoms with Gasteiger partial charge in [0, 0.05) is 43.3 Å². The number of rotatable bonds is 5. The number of carbonyl (C=O) groups is 1. The average Bonchev–Trinajstić information content (AvgIpc) is 2.52. The maximum atomic E-state index is 12.1. The number of amides is 1. The Morgan fingerprint density at radius 3 is 2.81 bits per heavy atom. The van der Waals surface area contributed by atoms with Gasteiger partial charge < -0.3 is 10.6 Å². The lowest BCUT2D eigenvalue weighted by Gasteiger charge is -2.09. The molecule has 0 aliphatic rings. The van der Waals surface area contributed by atoms with E-state index in [1.165, 1.54) is 12.3 Å². The Morgan fingerprint density at radius 2 is 2.10 bits per heavy atom. The molecule has 2 aromatic rings. The fourth-order valence-corrected chi connectivity index (χ4v) is 1.90. The molecule has 0 fully saturated rings. The zero-order valence-electron chi connectivity index (χ0n) is 11.4. The molecule has 21 heavy (non-hydrogen) atoms. The highest BCUT2D eigenvalue weighted by atomic mass is 16.6. The van der Waals surface area contributed by atoms with Gasteiger partial charge in [-0.05, 0) is 6.07 Å². The Hall–Kier alpha value is -2.96. The second-order valence-electron chi connectivity index (χ2n) is 4.24. The van der Waals surface area contributed by atoms with E-state index in [9.17, 15) is 14.9 Å². The Bertz CT molecular complexity index is 673. The number of anilines is 1. The summed E-state index contributed by atoms with van der Waals surface area (Å²) in [6.07, 6.45) is 3.02. The third-order valence-corrected chi connectivity index (χ3v) is 2.96. The number of carbonyl (C=O) groups excluding carboxylic acids is 1. The van der Waals surface area contributed by atoms with E-state index in [1.807, 2.05) is 0 Å². The Kier molecular flexibility index (Phi) is 4.45. The highest BCUT2D eigenvalue weighted by Crippen LogP contribution is 2.18. The largest absolute Gasteiger partial charge is 0.387 e. The van der Waals surface area contributed by atoms with Crippen LogP contribution in [0.15, 0.2) is 42.7 Å². The molecule has 0 aliphatic heterocycles. The lowest BCUT2D eigenvalue weighted by Crippen LogP contribution is -2.24. The fourth-order valence-electron chi connectivity index (χ4n) is 1.90. The number of hydrogen-bond acceptors (Lipinski definition) is 5. The van der Waals surface area contributed by atoms with Crippen molar-refractivity contribution in [3.8, 4) is 0 Å². The highest BCUT2D eigenvalue weighted by Gasteiger charge is 2.15. The van der Waals surface area contributed by atoms with E-state index in [-0.39, 0.29) is 18.1 Å². The fraction of sp³-hybridized carbons (Fsp3) is 0.143. The quantitative estimate of drug-likeness (QED) is 0.647. The molecule has 0 saturated heterocycles. The van der Waals surface area contributed by atoms with Gasteiger partial charge in [-0.25, -0.2) is 0 Å². The van der Waals surface area contributed by atoms with Crippen LogP contribution in [-0.2, 0) is 6.54 Å². The number of nitro benzene ring substituents is 1. The van der Waals surface area contributed by atoms with Gasteiger partial charge in [-0.3, -0.25) is 19.9 Å². The summed E-state index contributed by atoms with van der Waals surface area (Å²) in [6, 6.07) is 7.98. The summed E-state index contributed by atoms with van der Waals surface area (Å²) in [5.74, 6) is -0.342. The van der Waals surface area contributed by atoms with Crippen LogP contribution in [0, 0.1) is 10.1 Å². The van der Waals surface area contributed by atoms with Crippen molar-refractivity contribution in [2.75, 3.05) is 12.4 Å². The minimum Gasteiger partial charge on any atom is -0.387 e. The molecule has 2 N–H and O–H groups in total. The molecule has 1 amide bonds. The van der Waals surface area contributed by atoms with Gasteiger partial charge in [-0.15, -0.1) is 0 Å². The summed E-state index contributed by atoms with van der Waals surface area (Å²) in [4.78, 5) is 26.5. The Labute approximate surface area is 121 Å². The SMILES string of the molecule is CNc1ccncc1C(=O)NCc1ccccc1[N+](=O)[O-]. The standard InChI is InChI=1S/C14H14N4O3/c1-15-12-6-7-16-9-11(12)14(19)17-8-10-4-2-3-5-13(10)18(20)21/h2-7,9H,8H2,1H3,(H,15,16)(H,17,19). The normalized spacial score (nSPS) is 9.95. The number of hydrogen-bond donors (Lipinski definition) is 2. The Morgan fingerprint density at radius 1 is 1.33 bits per heavy atom. The molecule has 0 radical (unpaired) electrons. The number of aromatic nitrogens is 1. The summed E-state index contributed by atoms with van der Waals surface area (Å²) in [5, 5.41) is 16.5. The molecule has 0 bridgehead atoms. The van der Waals surface area contributed by atoms with Gasteiger partial charge in [-0.2, -0.15) is 0 Å². The van der Waals surface area contributed by atoms with Gasteiger partial charge in [-0.1, -0.05) is 18.2 Å². The number of benzene rings is 1. The number of pyridine rings is 1. The van der Waals surface area contributed by atoms with E-state index in [1.54, 1.807) is 37.5 Å². The third-order valence-electron chi connectivity index (χ3n) is 2.96. The molecule has 2 rings (SSSR count). The predicted octanol–water partition coefficient (Wildman–Crippen LogP) is 1.96. The first kappa shape index (κ1) is 14.4. The van der Waals surface area contributed by atoms with E-state index < -0.39 is 4.92 Å². The molecule has 7 heteroatoms. The van der Waals surface area contributed by atoms with E-state index in [2.05, 4.69) is 15.6 Å². The van der Waals surface area contributed by atoms with E-state index in [0.717, 1.165) is 0 Å². The average molecular weight is 286 g/mol. The maximum absolute atomic E-state index is 12.1. The first-order chi connectivity index (χ1) is 10.1.